The van der Waals surface area contributed by atoms with Crippen LogP contribution in [0.1, 0.15) is 24.4 Å². The van der Waals surface area contributed by atoms with Gasteiger partial charge in [-0.05, 0) is 43.2 Å². The lowest BCUT2D eigenvalue weighted by Gasteiger charge is -2.18. The number of aromatic nitrogens is 3. The minimum atomic E-state index is -3.34. The van der Waals surface area contributed by atoms with Gasteiger partial charge in [-0.2, -0.15) is 0 Å². The van der Waals surface area contributed by atoms with Crippen LogP contribution in [-0.4, -0.2) is 43.8 Å². The van der Waals surface area contributed by atoms with Crippen LogP contribution in [0.25, 0.3) is 22.0 Å². The molecule has 0 fully saturated rings. The summed E-state index contributed by atoms with van der Waals surface area (Å²) in [5.41, 5.74) is 3.36. The summed E-state index contributed by atoms with van der Waals surface area (Å²) in [5, 5.41) is 4.30. The van der Waals surface area contributed by atoms with Crippen LogP contribution in [0.15, 0.2) is 59.8 Å². The third-order valence-corrected chi connectivity index (χ3v) is 6.61. The van der Waals surface area contributed by atoms with Gasteiger partial charge in [-0.1, -0.05) is 18.2 Å². The van der Waals surface area contributed by atoms with Crippen molar-refractivity contribution in [2.75, 3.05) is 25.8 Å². The summed E-state index contributed by atoms with van der Waals surface area (Å²) in [6.45, 7) is 3.88. The van der Waals surface area contributed by atoms with Crippen LogP contribution in [0.2, 0.25) is 0 Å². The van der Waals surface area contributed by atoms with Crippen molar-refractivity contribution in [3.05, 3.63) is 66.2 Å². The minimum absolute atomic E-state index is 0.100. The van der Waals surface area contributed by atoms with E-state index in [1.54, 1.807) is 26.5 Å². The van der Waals surface area contributed by atoms with E-state index < -0.39 is 9.84 Å². The summed E-state index contributed by atoms with van der Waals surface area (Å²) in [4.78, 5) is 13.5. The lowest BCUT2D eigenvalue weighted by molar-refractivity contribution is 0.356. The Kier molecular flexibility index (Phi) is 6.39. The van der Waals surface area contributed by atoms with E-state index in [-0.39, 0.29) is 10.9 Å². The molecule has 0 aliphatic rings. The number of pyridine rings is 1. The van der Waals surface area contributed by atoms with Gasteiger partial charge in [0, 0.05) is 41.7 Å². The second-order valence-corrected chi connectivity index (χ2v) is 10.0. The van der Waals surface area contributed by atoms with E-state index >= 15 is 0 Å². The number of benzene rings is 2. The van der Waals surface area contributed by atoms with Gasteiger partial charge in [-0.25, -0.2) is 18.4 Å². The van der Waals surface area contributed by atoms with Gasteiger partial charge in [-0.3, -0.25) is 4.98 Å². The summed E-state index contributed by atoms with van der Waals surface area (Å²) < 4.78 is 34.7. The maximum absolute atomic E-state index is 11.9. The largest absolute Gasteiger partial charge is 0.493 e. The number of anilines is 1. The van der Waals surface area contributed by atoms with E-state index in [0.29, 0.717) is 23.1 Å². The molecular formula is C25H26N4O4S. The third kappa shape index (κ3) is 4.79. The molecule has 4 aromatic rings. The van der Waals surface area contributed by atoms with Crippen LogP contribution < -0.4 is 14.8 Å². The number of sulfone groups is 1. The fraction of sp³-hybridized carbons (Fsp3) is 0.240. The highest BCUT2D eigenvalue weighted by atomic mass is 32.2. The van der Waals surface area contributed by atoms with Gasteiger partial charge < -0.3 is 14.8 Å². The van der Waals surface area contributed by atoms with Crippen molar-refractivity contribution in [3.63, 3.8) is 0 Å². The molecule has 9 heteroatoms. The second-order valence-electron chi connectivity index (χ2n) is 8.02. The number of nitrogens with one attached hydrogen (secondary N) is 1. The van der Waals surface area contributed by atoms with Crippen molar-refractivity contribution in [1.82, 2.24) is 15.0 Å². The molecule has 0 aliphatic heterocycles. The first-order valence-electron chi connectivity index (χ1n) is 10.6. The molecule has 0 amide bonds. The maximum atomic E-state index is 11.9. The van der Waals surface area contributed by atoms with Crippen molar-refractivity contribution in [3.8, 4) is 22.6 Å². The van der Waals surface area contributed by atoms with Gasteiger partial charge >= 0.3 is 0 Å². The topological polar surface area (TPSA) is 103 Å². The molecule has 34 heavy (non-hydrogen) atoms. The molecule has 0 bridgehead atoms. The monoisotopic (exact) mass is 478 g/mol. The Hall–Kier alpha value is -3.72. The zero-order valence-corrected chi connectivity index (χ0v) is 20.5. The number of rotatable bonds is 7. The number of nitrogens with zero attached hydrogens (tertiary/aromatic N) is 3. The highest BCUT2D eigenvalue weighted by Gasteiger charge is 2.15. The highest BCUT2D eigenvalue weighted by Crippen LogP contribution is 2.35. The molecule has 0 aliphatic carbocycles. The summed E-state index contributed by atoms with van der Waals surface area (Å²) in [6, 6.07) is 13.1. The highest BCUT2D eigenvalue weighted by molar-refractivity contribution is 7.90. The Balaban J connectivity index is 1.70. The first-order chi connectivity index (χ1) is 16.2. The standard InChI is InChI=1S/C25H26N4O4S/c1-15(17-7-6-8-18(9-17)19-10-20(14-26-13-19)34(5,30)31)27-25-21-11-23(32-3)24(33-4)12-22(21)28-16(2)29-25/h6-15H,1-5H3,(H,27,28,29)/t15-/m1/s1. The number of hydrogen-bond acceptors (Lipinski definition) is 8. The number of fused-ring (bicyclic) bond motifs is 1. The number of aryl methyl sites for hydroxylation is 1. The molecule has 0 unspecified atom stereocenters. The lowest BCUT2D eigenvalue weighted by Crippen LogP contribution is -2.10. The molecule has 176 valence electrons. The zero-order valence-electron chi connectivity index (χ0n) is 19.7. The quantitative estimate of drug-likeness (QED) is 0.411. The molecule has 8 nitrogen and oxygen atoms in total. The van der Waals surface area contributed by atoms with Gasteiger partial charge in [0.05, 0.1) is 24.6 Å². The predicted molar refractivity (Wildman–Crippen MR) is 132 cm³/mol. The molecule has 2 aromatic carbocycles. The van der Waals surface area contributed by atoms with E-state index in [9.17, 15) is 8.42 Å². The SMILES string of the molecule is COc1cc2nc(C)nc(N[C@H](C)c3cccc(-c4cncc(S(C)(=O)=O)c4)c3)c2cc1OC. The molecule has 0 radical (unpaired) electrons. The number of ether oxygens (including phenoxy) is 2. The average Bonchev–Trinajstić information content (AvgIpc) is 2.82. The number of hydrogen-bond donors (Lipinski definition) is 1. The molecular weight excluding hydrogens is 452 g/mol. The molecule has 0 saturated heterocycles. The van der Waals surface area contributed by atoms with Gasteiger partial charge in [0.1, 0.15) is 11.6 Å². The molecule has 2 aromatic heterocycles. The van der Waals surface area contributed by atoms with E-state index in [1.165, 1.54) is 12.5 Å². The Morgan fingerprint density at radius 2 is 1.68 bits per heavy atom. The molecule has 4 rings (SSSR count). The molecule has 0 spiro atoms. The van der Waals surface area contributed by atoms with Crippen molar-refractivity contribution in [1.29, 1.82) is 0 Å². The van der Waals surface area contributed by atoms with Gasteiger partial charge in [0.15, 0.2) is 21.3 Å². The zero-order chi connectivity index (χ0) is 24.5. The van der Waals surface area contributed by atoms with Crippen LogP contribution >= 0.6 is 0 Å². The van der Waals surface area contributed by atoms with Gasteiger partial charge in [-0.15, -0.1) is 0 Å². The normalized spacial score (nSPS) is 12.4. The smallest absolute Gasteiger partial charge is 0.177 e. The van der Waals surface area contributed by atoms with Gasteiger partial charge in [0.25, 0.3) is 0 Å². The van der Waals surface area contributed by atoms with Crippen LogP contribution in [0.3, 0.4) is 0 Å². The third-order valence-electron chi connectivity index (χ3n) is 5.53. The summed E-state index contributed by atoms with van der Waals surface area (Å²) >= 11 is 0. The first kappa shape index (κ1) is 23.4. The predicted octanol–water partition coefficient (Wildman–Crippen LogP) is 4.59. The summed E-state index contributed by atoms with van der Waals surface area (Å²) in [6.07, 6.45) is 4.19. The van der Waals surface area contributed by atoms with Crippen LogP contribution in [-0.2, 0) is 9.84 Å². The number of methoxy groups -OCH3 is 2. The molecule has 2 heterocycles. The molecule has 0 saturated carbocycles. The fourth-order valence-corrected chi connectivity index (χ4v) is 4.33. The molecule has 1 N–H and O–H groups in total. The summed E-state index contributed by atoms with van der Waals surface area (Å²) in [7, 11) is -0.163. The van der Waals surface area contributed by atoms with Gasteiger partial charge in [0.2, 0.25) is 0 Å². The summed E-state index contributed by atoms with van der Waals surface area (Å²) in [5.74, 6) is 2.51. The van der Waals surface area contributed by atoms with E-state index in [0.717, 1.165) is 27.6 Å². The Morgan fingerprint density at radius 1 is 0.941 bits per heavy atom. The lowest BCUT2D eigenvalue weighted by atomic mass is 10.0. The Bertz CT molecular complexity index is 1470. The Morgan fingerprint density at radius 3 is 2.38 bits per heavy atom. The van der Waals surface area contributed by atoms with E-state index in [2.05, 4.69) is 20.3 Å². The van der Waals surface area contributed by atoms with Crippen LogP contribution in [0.4, 0.5) is 5.82 Å². The van der Waals surface area contributed by atoms with Crippen LogP contribution in [0.5, 0.6) is 11.5 Å². The van der Waals surface area contributed by atoms with E-state index in [4.69, 9.17) is 9.47 Å². The minimum Gasteiger partial charge on any atom is -0.493 e. The van der Waals surface area contributed by atoms with Crippen molar-refractivity contribution in [2.24, 2.45) is 0 Å². The second kappa shape index (κ2) is 9.26. The Labute approximate surface area is 198 Å². The maximum Gasteiger partial charge on any atom is 0.177 e. The van der Waals surface area contributed by atoms with Crippen molar-refractivity contribution < 1.29 is 17.9 Å². The fourth-order valence-electron chi connectivity index (χ4n) is 3.74. The van der Waals surface area contributed by atoms with Crippen molar-refractivity contribution >= 4 is 26.6 Å². The molecule has 1 atom stereocenters. The average molecular weight is 479 g/mol. The van der Waals surface area contributed by atoms with Crippen molar-refractivity contribution in [2.45, 2.75) is 24.8 Å². The first-order valence-corrected chi connectivity index (χ1v) is 12.5. The van der Waals surface area contributed by atoms with Crippen LogP contribution in [0, 0.1) is 6.92 Å². The van der Waals surface area contributed by atoms with E-state index in [1.807, 2.05) is 50.2 Å².